The largest absolute Gasteiger partial charge is 0.494 e. The van der Waals surface area contributed by atoms with E-state index in [1.807, 2.05) is 19.1 Å². The van der Waals surface area contributed by atoms with Crippen molar-refractivity contribution in [2.45, 2.75) is 19.8 Å². The Hall–Kier alpha value is -1.06. The molecule has 3 nitrogen and oxygen atoms in total. The molecule has 0 bridgehead atoms. The van der Waals surface area contributed by atoms with Crippen molar-refractivity contribution < 1.29 is 9.57 Å². The summed E-state index contributed by atoms with van der Waals surface area (Å²) in [5, 5.41) is 0. The van der Waals surface area contributed by atoms with E-state index >= 15 is 0 Å². The molecule has 1 aromatic rings. The Morgan fingerprint density at radius 3 is 2.93 bits per heavy atom. The zero-order valence-electron chi connectivity index (χ0n) is 8.53. The van der Waals surface area contributed by atoms with Gasteiger partial charge in [-0.3, -0.25) is 0 Å². The lowest BCUT2D eigenvalue weighted by Crippen LogP contribution is -2.02. The highest BCUT2D eigenvalue weighted by atomic mass is 16.6. The number of benzene rings is 1. The summed E-state index contributed by atoms with van der Waals surface area (Å²) in [5.41, 5.74) is 1.26. The summed E-state index contributed by atoms with van der Waals surface area (Å²) in [4.78, 5) is 4.51. The smallest absolute Gasteiger partial charge is 0.119 e. The van der Waals surface area contributed by atoms with E-state index in [1.54, 1.807) is 0 Å². The van der Waals surface area contributed by atoms with Crippen molar-refractivity contribution in [1.82, 2.24) is 0 Å². The molecule has 1 aromatic carbocycles. The Labute approximate surface area is 84.8 Å². The normalized spacial score (nSPS) is 10.1. The molecule has 0 aliphatic heterocycles. The zero-order chi connectivity index (χ0) is 10.2. The van der Waals surface area contributed by atoms with Gasteiger partial charge in [-0.25, -0.2) is 5.90 Å². The highest BCUT2D eigenvalue weighted by Crippen LogP contribution is 2.14. The number of rotatable bonds is 6. The van der Waals surface area contributed by atoms with Crippen LogP contribution in [-0.4, -0.2) is 13.2 Å². The van der Waals surface area contributed by atoms with E-state index in [2.05, 4.69) is 17.0 Å². The topological polar surface area (TPSA) is 44.5 Å². The van der Waals surface area contributed by atoms with Crippen molar-refractivity contribution in [3.8, 4) is 5.75 Å². The monoisotopic (exact) mass is 195 g/mol. The molecule has 0 unspecified atom stereocenters. The molecule has 0 atom stereocenters. The van der Waals surface area contributed by atoms with Gasteiger partial charge in [0.05, 0.1) is 13.2 Å². The Bertz CT molecular complexity index is 263. The van der Waals surface area contributed by atoms with E-state index < -0.39 is 0 Å². The van der Waals surface area contributed by atoms with Crippen LogP contribution in [0.25, 0.3) is 0 Å². The van der Waals surface area contributed by atoms with E-state index in [9.17, 15) is 0 Å². The minimum absolute atomic E-state index is 0.596. The maximum Gasteiger partial charge on any atom is 0.119 e. The van der Waals surface area contributed by atoms with Gasteiger partial charge in [0.25, 0.3) is 0 Å². The first-order valence-electron chi connectivity index (χ1n) is 4.90. The zero-order valence-corrected chi connectivity index (χ0v) is 8.53. The highest BCUT2D eigenvalue weighted by Gasteiger charge is 1.96. The summed E-state index contributed by atoms with van der Waals surface area (Å²) in [5.74, 6) is 5.87. The van der Waals surface area contributed by atoms with Crippen LogP contribution >= 0.6 is 0 Å². The first-order chi connectivity index (χ1) is 6.86. The van der Waals surface area contributed by atoms with Gasteiger partial charge in [0.2, 0.25) is 0 Å². The molecule has 14 heavy (non-hydrogen) atoms. The SMILES string of the molecule is CCOc1cccc(CCCON)c1. The second kappa shape index (κ2) is 6.40. The van der Waals surface area contributed by atoms with Crippen LogP contribution in [-0.2, 0) is 11.3 Å². The van der Waals surface area contributed by atoms with Crippen LogP contribution in [0.2, 0.25) is 0 Å². The van der Waals surface area contributed by atoms with Gasteiger partial charge in [-0.1, -0.05) is 12.1 Å². The molecule has 0 amide bonds. The molecular weight excluding hydrogens is 178 g/mol. The van der Waals surface area contributed by atoms with Crippen LogP contribution in [0.5, 0.6) is 5.75 Å². The van der Waals surface area contributed by atoms with Crippen LogP contribution < -0.4 is 10.6 Å². The third-order valence-corrected chi connectivity index (χ3v) is 1.94. The molecule has 0 fully saturated rings. The lowest BCUT2D eigenvalue weighted by molar-refractivity contribution is 0.135. The third kappa shape index (κ3) is 3.77. The summed E-state index contributed by atoms with van der Waals surface area (Å²) in [6, 6.07) is 8.11. The molecule has 0 aliphatic carbocycles. The van der Waals surface area contributed by atoms with Crippen LogP contribution in [0.3, 0.4) is 0 Å². The summed E-state index contributed by atoms with van der Waals surface area (Å²) >= 11 is 0. The molecule has 0 aliphatic rings. The van der Waals surface area contributed by atoms with Gasteiger partial charge in [-0.05, 0) is 37.5 Å². The Kier molecular flexibility index (Phi) is 5.04. The summed E-state index contributed by atoms with van der Waals surface area (Å²) < 4.78 is 5.40. The second-order valence-corrected chi connectivity index (χ2v) is 3.05. The molecule has 3 heteroatoms. The standard InChI is InChI=1S/C11H17NO2/c1-2-13-11-7-3-5-10(9-11)6-4-8-14-12/h3,5,7,9H,2,4,6,8,12H2,1H3. The minimum Gasteiger partial charge on any atom is -0.494 e. The van der Waals surface area contributed by atoms with Crippen molar-refractivity contribution in [3.63, 3.8) is 0 Å². The number of hydrogen-bond acceptors (Lipinski definition) is 3. The maximum absolute atomic E-state index is 5.40. The fraction of sp³-hybridized carbons (Fsp3) is 0.455. The van der Waals surface area contributed by atoms with Gasteiger partial charge in [0.1, 0.15) is 5.75 Å². The van der Waals surface area contributed by atoms with E-state index in [0.717, 1.165) is 18.6 Å². The number of ether oxygens (including phenoxy) is 1. The van der Waals surface area contributed by atoms with Gasteiger partial charge in [0.15, 0.2) is 0 Å². The Morgan fingerprint density at radius 2 is 2.21 bits per heavy atom. The first-order valence-corrected chi connectivity index (χ1v) is 4.90. The molecule has 0 heterocycles. The van der Waals surface area contributed by atoms with Crippen molar-refractivity contribution in [2.24, 2.45) is 5.90 Å². The van der Waals surface area contributed by atoms with E-state index in [1.165, 1.54) is 5.56 Å². The van der Waals surface area contributed by atoms with E-state index in [0.29, 0.717) is 13.2 Å². The van der Waals surface area contributed by atoms with Gasteiger partial charge >= 0.3 is 0 Å². The molecular formula is C11H17NO2. The van der Waals surface area contributed by atoms with Gasteiger partial charge in [0, 0.05) is 0 Å². The Balaban J connectivity index is 2.46. The van der Waals surface area contributed by atoms with Gasteiger partial charge < -0.3 is 9.57 Å². The fourth-order valence-electron chi connectivity index (χ4n) is 1.32. The summed E-state index contributed by atoms with van der Waals surface area (Å²) in [6.07, 6.45) is 1.91. The first kappa shape index (κ1) is 11.0. The van der Waals surface area contributed by atoms with E-state index in [-0.39, 0.29) is 0 Å². The van der Waals surface area contributed by atoms with Gasteiger partial charge in [-0.2, -0.15) is 0 Å². The predicted molar refractivity (Wildman–Crippen MR) is 56.1 cm³/mol. The quantitative estimate of drug-likeness (QED) is 0.557. The van der Waals surface area contributed by atoms with Crippen LogP contribution in [0.4, 0.5) is 0 Å². The number of aryl methyl sites for hydroxylation is 1. The highest BCUT2D eigenvalue weighted by molar-refractivity contribution is 5.28. The van der Waals surface area contributed by atoms with Crippen molar-refractivity contribution in [3.05, 3.63) is 29.8 Å². The van der Waals surface area contributed by atoms with Crippen LogP contribution in [0.1, 0.15) is 18.9 Å². The van der Waals surface area contributed by atoms with Crippen molar-refractivity contribution >= 4 is 0 Å². The molecule has 0 aromatic heterocycles. The molecule has 0 saturated heterocycles. The predicted octanol–water partition coefficient (Wildman–Crippen LogP) is 1.91. The molecule has 0 saturated carbocycles. The average molecular weight is 195 g/mol. The minimum atomic E-state index is 0.596. The van der Waals surface area contributed by atoms with Crippen LogP contribution in [0.15, 0.2) is 24.3 Å². The number of nitrogens with two attached hydrogens (primary N) is 1. The summed E-state index contributed by atoms with van der Waals surface area (Å²) in [6.45, 7) is 3.28. The number of hydrogen-bond donors (Lipinski definition) is 1. The Morgan fingerprint density at radius 1 is 1.36 bits per heavy atom. The molecule has 1 rings (SSSR count). The average Bonchev–Trinajstić information content (AvgIpc) is 2.19. The van der Waals surface area contributed by atoms with Gasteiger partial charge in [-0.15, -0.1) is 0 Å². The molecule has 0 spiro atoms. The maximum atomic E-state index is 5.40. The summed E-state index contributed by atoms with van der Waals surface area (Å²) in [7, 11) is 0. The van der Waals surface area contributed by atoms with Crippen molar-refractivity contribution in [2.75, 3.05) is 13.2 Å². The third-order valence-electron chi connectivity index (χ3n) is 1.94. The fourth-order valence-corrected chi connectivity index (χ4v) is 1.32. The molecule has 78 valence electrons. The second-order valence-electron chi connectivity index (χ2n) is 3.05. The van der Waals surface area contributed by atoms with Crippen LogP contribution in [0, 0.1) is 0 Å². The lowest BCUT2D eigenvalue weighted by Gasteiger charge is -2.05. The lowest BCUT2D eigenvalue weighted by atomic mass is 10.1. The van der Waals surface area contributed by atoms with E-state index in [4.69, 9.17) is 10.6 Å². The molecule has 0 radical (unpaired) electrons. The molecule has 2 N–H and O–H groups in total. The van der Waals surface area contributed by atoms with Crippen molar-refractivity contribution in [1.29, 1.82) is 0 Å².